The van der Waals surface area contributed by atoms with Gasteiger partial charge < -0.3 is 20.3 Å². The lowest BCUT2D eigenvalue weighted by Crippen LogP contribution is -2.51. The fourth-order valence-electron chi connectivity index (χ4n) is 5.61. The predicted octanol–water partition coefficient (Wildman–Crippen LogP) is 4.14. The molecule has 1 saturated heterocycles. The number of ether oxygens (including phenoxy) is 1. The molecule has 2 N–H and O–H groups in total. The van der Waals surface area contributed by atoms with Gasteiger partial charge in [0.1, 0.15) is 18.0 Å². The van der Waals surface area contributed by atoms with Gasteiger partial charge in [-0.25, -0.2) is 0 Å². The molecule has 2 atom stereocenters. The number of aliphatic imine (C=N–C) groups is 1. The lowest BCUT2D eigenvalue weighted by atomic mass is 9.92. The third-order valence-corrected chi connectivity index (χ3v) is 7.27. The van der Waals surface area contributed by atoms with Crippen LogP contribution in [0.5, 0.6) is 0 Å². The average Bonchev–Trinajstić information content (AvgIpc) is 3.15. The van der Waals surface area contributed by atoms with Crippen molar-refractivity contribution in [3.8, 4) is 6.07 Å². The molecule has 4 heterocycles. The van der Waals surface area contributed by atoms with Crippen LogP contribution in [0.1, 0.15) is 30.0 Å². The smallest absolute Gasteiger partial charge is 0.132 e. The van der Waals surface area contributed by atoms with Crippen molar-refractivity contribution in [1.29, 1.82) is 5.26 Å². The second-order valence-corrected chi connectivity index (χ2v) is 9.64. The number of fused-ring (bicyclic) bond motifs is 2. The van der Waals surface area contributed by atoms with Gasteiger partial charge in [-0.3, -0.25) is 9.98 Å². The monoisotopic (exact) mass is 478 g/mol. The molecule has 6 rings (SSSR count). The minimum Gasteiger partial charge on any atom is -0.365 e. The fourth-order valence-corrected chi connectivity index (χ4v) is 5.61. The Labute approximate surface area is 211 Å². The van der Waals surface area contributed by atoms with Gasteiger partial charge in [-0.05, 0) is 73.3 Å². The summed E-state index contributed by atoms with van der Waals surface area (Å²) in [6.45, 7) is 6.23. The molecule has 3 aliphatic rings. The van der Waals surface area contributed by atoms with Gasteiger partial charge in [0.2, 0.25) is 0 Å². The van der Waals surface area contributed by atoms with E-state index in [0.29, 0.717) is 12.1 Å². The standard InChI is InChI=1S/C29H30N6O/c1-19-17-35(26-8-7-21(16-30)28-24(26)5-3-12-32-28)18-27(36-19)29-33-15-11-23-22(4-2-6-25(23)34-29)20-9-13-31-14-10-20/h2-9,12,19,27,31H,10-11,13-15,17-18H2,1H3,(H,33,34)/t19-,27-/m1/s1. The summed E-state index contributed by atoms with van der Waals surface area (Å²) in [5.41, 5.74) is 7.65. The Morgan fingerprint density at radius 3 is 2.92 bits per heavy atom. The molecule has 0 unspecified atom stereocenters. The van der Waals surface area contributed by atoms with Gasteiger partial charge in [0, 0.05) is 42.6 Å². The SMILES string of the molecule is C[C@@H]1CN(c2ccc(C#N)c3ncccc23)C[C@H](C2=NCCc3c(cccc3C3=CCNCC3)N2)O1. The number of benzene rings is 2. The highest BCUT2D eigenvalue weighted by Crippen LogP contribution is 2.33. The molecule has 7 heteroatoms. The van der Waals surface area contributed by atoms with Gasteiger partial charge in [0.05, 0.1) is 23.7 Å². The van der Waals surface area contributed by atoms with Gasteiger partial charge >= 0.3 is 0 Å². The first-order valence-electron chi connectivity index (χ1n) is 12.7. The van der Waals surface area contributed by atoms with Crippen LogP contribution in [0.2, 0.25) is 0 Å². The maximum Gasteiger partial charge on any atom is 0.132 e. The van der Waals surface area contributed by atoms with E-state index in [1.807, 2.05) is 24.3 Å². The summed E-state index contributed by atoms with van der Waals surface area (Å²) in [5.74, 6) is 0.887. The number of nitrogens with zero attached hydrogens (tertiary/aromatic N) is 4. The number of anilines is 2. The van der Waals surface area contributed by atoms with Gasteiger partial charge in [-0.2, -0.15) is 5.26 Å². The number of aromatic nitrogens is 1. The quantitative estimate of drug-likeness (QED) is 0.589. The van der Waals surface area contributed by atoms with Crippen molar-refractivity contribution in [3.63, 3.8) is 0 Å². The van der Waals surface area contributed by atoms with E-state index in [9.17, 15) is 5.26 Å². The number of hydrogen-bond acceptors (Lipinski definition) is 7. The van der Waals surface area contributed by atoms with Crippen molar-refractivity contribution in [2.45, 2.75) is 32.0 Å². The molecule has 3 aromatic rings. The Morgan fingerprint density at radius 2 is 2.06 bits per heavy atom. The summed E-state index contributed by atoms with van der Waals surface area (Å²) in [7, 11) is 0. The highest BCUT2D eigenvalue weighted by Gasteiger charge is 2.31. The zero-order valence-electron chi connectivity index (χ0n) is 20.5. The van der Waals surface area contributed by atoms with E-state index in [4.69, 9.17) is 9.73 Å². The highest BCUT2D eigenvalue weighted by atomic mass is 16.5. The largest absolute Gasteiger partial charge is 0.365 e. The minimum absolute atomic E-state index is 0.0320. The summed E-state index contributed by atoms with van der Waals surface area (Å²) in [6, 6.07) is 16.7. The van der Waals surface area contributed by atoms with Crippen molar-refractivity contribution in [2.75, 3.05) is 42.9 Å². The van der Waals surface area contributed by atoms with Crippen molar-refractivity contribution in [2.24, 2.45) is 4.99 Å². The van der Waals surface area contributed by atoms with Crippen LogP contribution in [-0.2, 0) is 11.2 Å². The van der Waals surface area contributed by atoms with Gasteiger partial charge in [0.25, 0.3) is 0 Å². The lowest BCUT2D eigenvalue weighted by molar-refractivity contribution is 0.0205. The molecule has 0 bridgehead atoms. The Balaban J connectivity index is 1.29. The molecule has 1 fully saturated rings. The van der Waals surface area contributed by atoms with Gasteiger partial charge in [-0.15, -0.1) is 0 Å². The Kier molecular flexibility index (Phi) is 6.14. The summed E-state index contributed by atoms with van der Waals surface area (Å²) < 4.78 is 6.43. The second kappa shape index (κ2) is 9.73. The number of morpholine rings is 1. The molecule has 0 radical (unpaired) electrons. The number of rotatable bonds is 3. The third kappa shape index (κ3) is 4.23. The highest BCUT2D eigenvalue weighted by molar-refractivity contribution is 6.01. The Bertz CT molecular complexity index is 1400. The first-order valence-corrected chi connectivity index (χ1v) is 12.7. The van der Waals surface area contributed by atoms with Crippen LogP contribution in [0.3, 0.4) is 0 Å². The molecule has 0 aliphatic carbocycles. The fraction of sp³-hybridized carbons (Fsp3) is 0.345. The first kappa shape index (κ1) is 22.7. The third-order valence-electron chi connectivity index (χ3n) is 7.27. The van der Waals surface area contributed by atoms with E-state index in [1.54, 1.807) is 6.20 Å². The van der Waals surface area contributed by atoms with E-state index < -0.39 is 0 Å². The van der Waals surface area contributed by atoms with Crippen LogP contribution < -0.4 is 15.5 Å². The van der Waals surface area contributed by atoms with E-state index in [0.717, 1.165) is 67.1 Å². The number of pyridine rings is 1. The Morgan fingerprint density at radius 1 is 1.11 bits per heavy atom. The molecule has 0 saturated carbocycles. The first-order chi connectivity index (χ1) is 17.7. The molecular weight excluding hydrogens is 448 g/mol. The number of nitrogens with one attached hydrogen (secondary N) is 2. The second-order valence-electron chi connectivity index (χ2n) is 9.64. The van der Waals surface area contributed by atoms with E-state index in [1.165, 1.54) is 16.7 Å². The van der Waals surface area contributed by atoms with Crippen LogP contribution in [0, 0.1) is 11.3 Å². The van der Waals surface area contributed by atoms with Crippen LogP contribution in [0.4, 0.5) is 11.4 Å². The molecule has 2 aromatic carbocycles. The van der Waals surface area contributed by atoms with E-state index in [-0.39, 0.29) is 12.2 Å². The van der Waals surface area contributed by atoms with Crippen molar-refractivity contribution >= 4 is 33.7 Å². The number of nitriles is 1. The topological polar surface area (TPSA) is 85.6 Å². The van der Waals surface area contributed by atoms with E-state index >= 15 is 0 Å². The minimum atomic E-state index is -0.177. The summed E-state index contributed by atoms with van der Waals surface area (Å²) in [4.78, 5) is 11.8. The maximum atomic E-state index is 9.55. The molecule has 3 aliphatic heterocycles. The zero-order chi connectivity index (χ0) is 24.5. The lowest BCUT2D eigenvalue weighted by Gasteiger charge is -2.39. The molecule has 1 aromatic heterocycles. The van der Waals surface area contributed by atoms with E-state index in [2.05, 4.69) is 57.8 Å². The summed E-state index contributed by atoms with van der Waals surface area (Å²) in [6.07, 6.45) is 5.87. The van der Waals surface area contributed by atoms with Crippen molar-refractivity contribution in [3.05, 3.63) is 71.4 Å². The molecule has 36 heavy (non-hydrogen) atoms. The molecule has 7 nitrogen and oxygen atoms in total. The van der Waals surface area contributed by atoms with Crippen LogP contribution in [0.15, 0.2) is 59.7 Å². The van der Waals surface area contributed by atoms with Crippen LogP contribution >= 0.6 is 0 Å². The molecule has 0 amide bonds. The molecule has 0 spiro atoms. The summed E-state index contributed by atoms with van der Waals surface area (Å²) in [5, 5.41) is 17.6. The zero-order valence-corrected chi connectivity index (χ0v) is 20.5. The van der Waals surface area contributed by atoms with Crippen molar-refractivity contribution in [1.82, 2.24) is 10.3 Å². The molecule has 182 valence electrons. The maximum absolute atomic E-state index is 9.55. The van der Waals surface area contributed by atoms with Crippen LogP contribution in [-0.4, -0.2) is 55.8 Å². The van der Waals surface area contributed by atoms with Gasteiger partial charge in [0.15, 0.2) is 0 Å². The number of hydrogen-bond donors (Lipinski definition) is 2. The number of amidine groups is 1. The normalized spacial score (nSPS) is 22.1. The average molecular weight is 479 g/mol. The van der Waals surface area contributed by atoms with Crippen molar-refractivity contribution < 1.29 is 4.74 Å². The summed E-state index contributed by atoms with van der Waals surface area (Å²) >= 11 is 0. The van der Waals surface area contributed by atoms with Gasteiger partial charge in [-0.1, -0.05) is 18.2 Å². The Hall–Kier alpha value is -3.73. The molecular formula is C29H30N6O. The predicted molar refractivity (Wildman–Crippen MR) is 145 cm³/mol. The van der Waals surface area contributed by atoms with Crippen LogP contribution in [0.25, 0.3) is 16.5 Å².